The number of amides is 2. The van der Waals surface area contributed by atoms with E-state index in [-0.39, 0.29) is 6.03 Å². The first-order chi connectivity index (χ1) is 8.06. The van der Waals surface area contributed by atoms with Crippen LogP contribution < -0.4 is 5.32 Å². The van der Waals surface area contributed by atoms with E-state index in [4.69, 9.17) is 0 Å². The molecule has 0 aromatic carbocycles. The van der Waals surface area contributed by atoms with E-state index in [2.05, 4.69) is 17.3 Å². The third kappa shape index (κ3) is 2.78. The van der Waals surface area contributed by atoms with E-state index >= 15 is 0 Å². The molecular weight excluding hydrogens is 216 g/mol. The number of nitrogens with one attached hydrogen (secondary N) is 1. The van der Waals surface area contributed by atoms with E-state index in [1.165, 1.54) is 0 Å². The van der Waals surface area contributed by atoms with Gasteiger partial charge in [-0.15, -0.1) is 0 Å². The van der Waals surface area contributed by atoms with Crippen molar-refractivity contribution in [1.29, 1.82) is 0 Å². The molecule has 5 heteroatoms. The van der Waals surface area contributed by atoms with Crippen LogP contribution in [-0.2, 0) is 7.05 Å². The first-order valence-corrected chi connectivity index (χ1v) is 6.13. The van der Waals surface area contributed by atoms with Gasteiger partial charge in [-0.2, -0.15) is 5.10 Å². The Kier molecular flexibility index (Phi) is 3.36. The zero-order chi connectivity index (χ0) is 12.4. The lowest BCUT2D eigenvalue weighted by Crippen LogP contribution is -2.40. The normalized spacial score (nSPS) is 17.2. The summed E-state index contributed by atoms with van der Waals surface area (Å²) in [5, 5.41) is 7.11. The van der Waals surface area contributed by atoms with Crippen LogP contribution >= 0.6 is 0 Å². The Morgan fingerprint density at radius 2 is 2.12 bits per heavy atom. The van der Waals surface area contributed by atoms with Crippen molar-refractivity contribution < 1.29 is 4.79 Å². The number of carbonyl (C=O) groups excluding carboxylic acids is 1. The Labute approximate surface area is 102 Å². The molecular formula is C12H20N4O. The highest BCUT2D eigenvalue weighted by atomic mass is 16.2. The molecule has 1 fully saturated rings. The van der Waals surface area contributed by atoms with Crippen molar-refractivity contribution in [2.45, 2.75) is 26.7 Å². The van der Waals surface area contributed by atoms with Gasteiger partial charge in [0.15, 0.2) is 0 Å². The predicted molar refractivity (Wildman–Crippen MR) is 66.9 cm³/mol. The average molecular weight is 236 g/mol. The molecule has 17 heavy (non-hydrogen) atoms. The number of hydrogen-bond acceptors (Lipinski definition) is 2. The first kappa shape index (κ1) is 12.0. The maximum atomic E-state index is 12.0. The summed E-state index contributed by atoms with van der Waals surface area (Å²) in [5.74, 6) is 1.49. The van der Waals surface area contributed by atoms with E-state index in [9.17, 15) is 4.79 Å². The van der Waals surface area contributed by atoms with Crippen molar-refractivity contribution in [2.75, 3.05) is 18.4 Å². The summed E-state index contributed by atoms with van der Waals surface area (Å²) in [5.41, 5.74) is 0.912. The zero-order valence-corrected chi connectivity index (χ0v) is 10.7. The van der Waals surface area contributed by atoms with Gasteiger partial charge in [0.05, 0.1) is 5.69 Å². The fraction of sp³-hybridized carbons (Fsp3) is 0.667. The predicted octanol–water partition coefficient (Wildman–Crippen LogP) is 1.99. The molecule has 1 N–H and O–H groups in total. The molecule has 0 atom stereocenters. The first-order valence-electron chi connectivity index (χ1n) is 6.13. The van der Waals surface area contributed by atoms with Gasteiger partial charge in [0, 0.05) is 26.2 Å². The van der Waals surface area contributed by atoms with Gasteiger partial charge in [0.25, 0.3) is 0 Å². The highest BCUT2D eigenvalue weighted by Crippen LogP contribution is 2.17. The Hall–Kier alpha value is -1.52. The van der Waals surface area contributed by atoms with Crippen molar-refractivity contribution in [2.24, 2.45) is 13.0 Å². The monoisotopic (exact) mass is 236 g/mol. The lowest BCUT2D eigenvalue weighted by atomic mass is 10.00. The van der Waals surface area contributed by atoms with Crippen LogP contribution in [0.2, 0.25) is 0 Å². The average Bonchev–Trinajstić information content (AvgIpc) is 2.58. The highest BCUT2D eigenvalue weighted by molar-refractivity contribution is 5.88. The molecule has 1 saturated heterocycles. The van der Waals surface area contributed by atoms with Crippen LogP contribution in [0.25, 0.3) is 0 Å². The highest BCUT2D eigenvalue weighted by Gasteiger charge is 2.20. The number of carbonyl (C=O) groups is 1. The molecule has 0 bridgehead atoms. The molecule has 1 aliphatic heterocycles. The Morgan fingerprint density at radius 3 is 2.65 bits per heavy atom. The molecule has 94 valence electrons. The van der Waals surface area contributed by atoms with Gasteiger partial charge in [-0.3, -0.25) is 10.00 Å². The fourth-order valence-corrected chi connectivity index (χ4v) is 2.13. The van der Waals surface area contributed by atoms with Gasteiger partial charge < -0.3 is 4.90 Å². The minimum atomic E-state index is -0.0140. The number of likely N-dealkylation sites (tertiary alicyclic amines) is 1. The molecule has 0 radical (unpaired) electrons. The van der Waals surface area contributed by atoms with Crippen LogP contribution in [0.1, 0.15) is 25.5 Å². The third-order valence-electron chi connectivity index (χ3n) is 3.31. The summed E-state index contributed by atoms with van der Waals surface area (Å²) < 4.78 is 1.69. The molecule has 2 rings (SSSR count). The zero-order valence-electron chi connectivity index (χ0n) is 10.7. The summed E-state index contributed by atoms with van der Waals surface area (Å²) in [6.45, 7) is 5.85. The maximum Gasteiger partial charge on any atom is 0.322 e. The van der Waals surface area contributed by atoms with E-state index in [1.807, 2.05) is 24.9 Å². The number of urea groups is 1. The Bertz CT molecular complexity index is 405. The second kappa shape index (κ2) is 4.77. The van der Waals surface area contributed by atoms with Gasteiger partial charge in [-0.1, -0.05) is 6.92 Å². The molecule has 1 aliphatic rings. The lowest BCUT2D eigenvalue weighted by molar-refractivity contribution is 0.186. The Morgan fingerprint density at radius 1 is 1.47 bits per heavy atom. The standard InChI is InChI=1S/C12H20N4O/c1-9-4-6-16(7-5-9)12(17)13-11-8-10(2)14-15(11)3/h8-9H,4-7H2,1-3H3,(H,13,17). The van der Waals surface area contributed by atoms with Crippen molar-refractivity contribution >= 4 is 11.8 Å². The second-order valence-corrected chi connectivity index (χ2v) is 4.89. The molecule has 0 saturated carbocycles. The minimum absolute atomic E-state index is 0.0140. The quantitative estimate of drug-likeness (QED) is 0.810. The number of piperidine rings is 1. The number of hydrogen-bond donors (Lipinski definition) is 1. The molecule has 1 aromatic heterocycles. The molecule has 0 spiro atoms. The molecule has 5 nitrogen and oxygen atoms in total. The minimum Gasteiger partial charge on any atom is -0.324 e. The van der Waals surface area contributed by atoms with Gasteiger partial charge >= 0.3 is 6.03 Å². The van der Waals surface area contributed by atoms with Crippen molar-refractivity contribution in [3.05, 3.63) is 11.8 Å². The topological polar surface area (TPSA) is 50.2 Å². The van der Waals surface area contributed by atoms with Crippen molar-refractivity contribution in [3.8, 4) is 0 Å². The summed E-state index contributed by atoms with van der Waals surface area (Å²) in [6.07, 6.45) is 2.19. The van der Waals surface area contributed by atoms with E-state index in [0.717, 1.165) is 43.4 Å². The van der Waals surface area contributed by atoms with Gasteiger partial charge in [-0.05, 0) is 25.7 Å². The van der Waals surface area contributed by atoms with Crippen molar-refractivity contribution in [3.63, 3.8) is 0 Å². The summed E-state index contributed by atoms with van der Waals surface area (Å²) in [4.78, 5) is 13.9. The van der Waals surface area contributed by atoms with Crippen LogP contribution in [0.3, 0.4) is 0 Å². The summed E-state index contributed by atoms with van der Waals surface area (Å²) in [6, 6.07) is 1.87. The molecule has 2 heterocycles. The van der Waals surface area contributed by atoms with Crippen LogP contribution in [0, 0.1) is 12.8 Å². The van der Waals surface area contributed by atoms with Gasteiger partial charge in [0.1, 0.15) is 5.82 Å². The van der Waals surface area contributed by atoms with Gasteiger partial charge in [-0.25, -0.2) is 4.79 Å². The van der Waals surface area contributed by atoms with Crippen LogP contribution in [-0.4, -0.2) is 33.8 Å². The van der Waals surface area contributed by atoms with Crippen LogP contribution in [0.4, 0.5) is 10.6 Å². The molecule has 0 aliphatic carbocycles. The van der Waals surface area contributed by atoms with Crippen molar-refractivity contribution in [1.82, 2.24) is 14.7 Å². The second-order valence-electron chi connectivity index (χ2n) is 4.89. The number of nitrogens with zero attached hydrogens (tertiary/aromatic N) is 3. The third-order valence-corrected chi connectivity index (χ3v) is 3.31. The van der Waals surface area contributed by atoms with E-state index in [0.29, 0.717) is 0 Å². The summed E-state index contributed by atoms with van der Waals surface area (Å²) in [7, 11) is 1.83. The van der Waals surface area contributed by atoms with Crippen LogP contribution in [0.5, 0.6) is 0 Å². The number of anilines is 1. The number of aromatic nitrogens is 2. The lowest BCUT2D eigenvalue weighted by Gasteiger charge is -2.30. The van der Waals surface area contributed by atoms with Gasteiger partial charge in [0.2, 0.25) is 0 Å². The number of rotatable bonds is 1. The fourth-order valence-electron chi connectivity index (χ4n) is 2.13. The summed E-state index contributed by atoms with van der Waals surface area (Å²) >= 11 is 0. The molecule has 2 amide bonds. The number of aryl methyl sites for hydroxylation is 2. The largest absolute Gasteiger partial charge is 0.324 e. The molecule has 1 aromatic rings. The van der Waals surface area contributed by atoms with E-state index < -0.39 is 0 Å². The molecule has 0 unspecified atom stereocenters. The maximum absolute atomic E-state index is 12.0. The van der Waals surface area contributed by atoms with Crippen LogP contribution in [0.15, 0.2) is 6.07 Å². The Balaban J connectivity index is 1.95. The smallest absolute Gasteiger partial charge is 0.322 e. The van der Waals surface area contributed by atoms with E-state index in [1.54, 1.807) is 4.68 Å². The SMILES string of the molecule is Cc1cc(NC(=O)N2CCC(C)CC2)n(C)n1.